The predicted molar refractivity (Wildman–Crippen MR) is 136 cm³/mol. The number of rotatable bonds is 8. The zero-order valence-electron chi connectivity index (χ0n) is 19.5. The molecule has 1 amide bonds. The summed E-state index contributed by atoms with van der Waals surface area (Å²) in [5.74, 6) is 0.794. The molecular weight excluding hydrogens is 436 g/mol. The number of amides is 1. The molecule has 1 aliphatic heterocycles. The van der Waals surface area contributed by atoms with Gasteiger partial charge in [-0.25, -0.2) is 0 Å². The molecule has 4 aromatic rings. The van der Waals surface area contributed by atoms with Gasteiger partial charge in [-0.05, 0) is 53.1 Å². The molecule has 3 aromatic carbocycles. The normalized spacial score (nSPS) is 15.0. The number of carbonyl (C=O) groups excluding carboxylic acids is 1. The zero-order chi connectivity index (χ0) is 23.9. The van der Waals surface area contributed by atoms with Crippen LogP contribution in [0.15, 0.2) is 103 Å². The van der Waals surface area contributed by atoms with Crippen LogP contribution < -0.4 is 4.74 Å². The molecule has 0 bridgehead atoms. The van der Waals surface area contributed by atoms with E-state index in [0.717, 1.165) is 41.2 Å². The van der Waals surface area contributed by atoms with Crippen molar-refractivity contribution in [2.45, 2.75) is 25.6 Å². The summed E-state index contributed by atoms with van der Waals surface area (Å²) >= 11 is 0. The molecule has 0 radical (unpaired) electrons. The summed E-state index contributed by atoms with van der Waals surface area (Å²) in [7, 11) is 0. The maximum absolute atomic E-state index is 13.6. The first kappa shape index (κ1) is 22.8. The molecule has 5 rings (SSSR count). The summed E-state index contributed by atoms with van der Waals surface area (Å²) < 4.78 is 11.4. The molecule has 1 aliphatic rings. The first-order valence-electron chi connectivity index (χ1n) is 11.9. The van der Waals surface area contributed by atoms with Gasteiger partial charge >= 0.3 is 0 Å². The van der Waals surface area contributed by atoms with Crippen molar-refractivity contribution in [3.63, 3.8) is 0 Å². The van der Waals surface area contributed by atoms with Gasteiger partial charge in [-0.3, -0.25) is 9.78 Å². The Kier molecular flexibility index (Phi) is 7.16. The number of aromatic nitrogens is 1. The Morgan fingerprint density at radius 1 is 0.857 bits per heavy atom. The van der Waals surface area contributed by atoms with E-state index in [0.29, 0.717) is 25.3 Å². The van der Waals surface area contributed by atoms with Gasteiger partial charge < -0.3 is 14.4 Å². The van der Waals surface area contributed by atoms with Crippen molar-refractivity contribution in [1.82, 2.24) is 9.88 Å². The third-order valence-corrected chi connectivity index (χ3v) is 6.09. The van der Waals surface area contributed by atoms with Crippen LogP contribution in [-0.4, -0.2) is 35.1 Å². The van der Waals surface area contributed by atoms with Crippen molar-refractivity contribution in [2.24, 2.45) is 0 Å². The maximum Gasteiger partial charge on any atom is 0.254 e. The van der Waals surface area contributed by atoms with E-state index in [1.165, 1.54) is 0 Å². The van der Waals surface area contributed by atoms with Crippen LogP contribution in [0, 0.1) is 0 Å². The Hall–Kier alpha value is -3.96. The molecule has 0 aliphatic carbocycles. The Labute approximate surface area is 206 Å². The van der Waals surface area contributed by atoms with Crippen LogP contribution in [0.5, 0.6) is 5.75 Å². The van der Waals surface area contributed by atoms with Gasteiger partial charge in [0.05, 0.1) is 25.5 Å². The molecule has 35 heavy (non-hydrogen) atoms. The minimum Gasteiger partial charge on any atom is -0.488 e. The second kappa shape index (κ2) is 11.0. The number of pyridine rings is 1. The summed E-state index contributed by atoms with van der Waals surface area (Å²) in [5, 5.41) is 0. The standard InChI is InChI=1S/C30H28N2O3/c33-30(26-13-11-25(12-14-26)24-6-2-1-3-7-24)32(21-27-8-4-5-18-31-27)20-23-9-15-28(16-10-23)35-29-17-19-34-22-29/h1-16,18,29H,17,19-22H2/t29-/m1/s1. The number of carbonyl (C=O) groups is 1. The number of nitrogens with zero attached hydrogens (tertiary/aromatic N) is 2. The lowest BCUT2D eigenvalue weighted by Gasteiger charge is -2.23. The Morgan fingerprint density at radius 2 is 1.60 bits per heavy atom. The SMILES string of the molecule is O=C(c1ccc(-c2ccccc2)cc1)N(Cc1ccc(O[C@@H]2CCOC2)cc1)Cc1ccccn1. The average Bonchev–Trinajstić information content (AvgIpc) is 3.43. The Morgan fingerprint density at radius 3 is 2.29 bits per heavy atom. The molecule has 1 saturated heterocycles. The highest BCUT2D eigenvalue weighted by Crippen LogP contribution is 2.22. The number of hydrogen-bond donors (Lipinski definition) is 0. The summed E-state index contributed by atoms with van der Waals surface area (Å²) in [6.45, 7) is 2.29. The van der Waals surface area contributed by atoms with E-state index in [1.54, 1.807) is 6.20 Å². The fourth-order valence-electron chi connectivity index (χ4n) is 4.20. The van der Waals surface area contributed by atoms with E-state index in [-0.39, 0.29) is 12.0 Å². The minimum atomic E-state index is -0.0290. The van der Waals surface area contributed by atoms with Gasteiger partial charge in [0.25, 0.3) is 5.91 Å². The van der Waals surface area contributed by atoms with Crippen LogP contribution in [0.4, 0.5) is 0 Å². The minimum absolute atomic E-state index is 0.0290. The van der Waals surface area contributed by atoms with Crippen molar-refractivity contribution in [3.05, 3.63) is 120 Å². The number of ether oxygens (including phenoxy) is 2. The first-order chi connectivity index (χ1) is 17.2. The van der Waals surface area contributed by atoms with Crippen LogP contribution in [0.25, 0.3) is 11.1 Å². The van der Waals surface area contributed by atoms with Gasteiger partial charge in [-0.2, -0.15) is 0 Å². The lowest BCUT2D eigenvalue weighted by molar-refractivity contribution is 0.0728. The molecule has 1 aromatic heterocycles. The second-order valence-corrected chi connectivity index (χ2v) is 8.67. The van der Waals surface area contributed by atoms with Crippen LogP contribution in [-0.2, 0) is 17.8 Å². The van der Waals surface area contributed by atoms with Gasteiger partial charge in [-0.1, -0.05) is 60.7 Å². The van der Waals surface area contributed by atoms with Crippen molar-refractivity contribution in [1.29, 1.82) is 0 Å². The van der Waals surface area contributed by atoms with E-state index in [4.69, 9.17) is 9.47 Å². The topological polar surface area (TPSA) is 51.7 Å². The van der Waals surface area contributed by atoms with Crippen LogP contribution in [0.3, 0.4) is 0 Å². The van der Waals surface area contributed by atoms with Crippen molar-refractivity contribution in [2.75, 3.05) is 13.2 Å². The van der Waals surface area contributed by atoms with E-state index in [9.17, 15) is 4.79 Å². The molecular formula is C30H28N2O3. The molecule has 0 spiro atoms. The Bertz CT molecular complexity index is 1220. The number of benzene rings is 3. The monoisotopic (exact) mass is 464 g/mol. The molecule has 0 unspecified atom stereocenters. The zero-order valence-corrected chi connectivity index (χ0v) is 19.5. The lowest BCUT2D eigenvalue weighted by Crippen LogP contribution is -2.30. The summed E-state index contributed by atoms with van der Waals surface area (Å²) in [6.07, 6.45) is 2.78. The molecule has 0 N–H and O–H groups in total. The van der Waals surface area contributed by atoms with Crippen LogP contribution >= 0.6 is 0 Å². The van der Waals surface area contributed by atoms with Gasteiger partial charge in [-0.15, -0.1) is 0 Å². The fraction of sp³-hybridized carbons (Fsp3) is 0.200. The first-order valence-corrected chi connectivity index (χ1v) is 11.9. The molecule has 1 atom stereocenters. The lowest BCUT2D eigenvalue weighted by atomic mass is 10.0. The van der Waals surface area contributed by atoms with Gasteiger partial charge in [0, 0.05) is 24.7 Å². The van der Waals surface area contributed by atoms with Gasteiger partial charge in [0.1, 0.15) is 11.9 Å². The van der Waals surface area contributed by atoms with Crippen molar-refractivity contribution < 1.29 is 14.3 Å². The van der Waals surface area contributed by atoms with Crippen LogP contribution in [0.1, 0.15) is 28.0 Å². The largest absolute Gasteiger partial charge is 0.488 e. The van der Waals surface area contributed by atoms with Crippen molar-refractivity contribution in [3.8, 4) is 16.9 Å². The maximum atomic E-state index is 13.6. The smallest absolute Gasteiger partial charge is 0.254 e. The molecule has 2 heterocycles. The number of hydrogen-bond acceptors (Lipinski definition) is 4. The Balaban J connectivity index is 1.33. The highest BCUT2D eigenvalue weighted by Gasteiger charge is 2.19. The average molecular weight is 465 g/mol. The van der Waals surface area contributed by atoms with E-state index >= 15 is 0 Å². The molecule has 5 nitrogen and oxygen atoms in total. The summed E-state index contributed by atoms with van der Waals surface area (Å²) in [4.78, 5) is 19.8. The highest BCUT2D eigenvalue weighted by atomic mass is 16.5. The van der Waals surface area contributed by atoms with Gasteiger partial charge in [0.2, 0.25) is 0 Å². The summed E-state index contributed by atoms with van der Waals surface area (Å²) in [6, 6.07) is 31.7. The quantitative estimate of drug-likeness (QED) is 0.333. The third-order valence-electron chi connectivity index (χ3n) is 6.09. The van der Waals surface area contributed by atoms with E-state index < -0.39 is 0 Å². The fourth-order valence-corrected chi connectivity index (χ4v) is 4.20. The van der Waals surface area contributed by atoms with E-state index in [1.807, 2.05) is 89.8 Å². The summed E-state index contributed by atoms with van der Waals surface area (Å²) in [5.41, 5.74) is 4.75. The van der Waals surface area contributed by atoms with Crippen LogP contribution in [0.2, 0.25) is 0 Å². The molecule has 5 heteroatoms. The second-order valence-electron chi connectivity index (χ2n) is 8.67. The van der Waals surface area contributed by atoms with E-state index in [2.05, 4.69) is 17.1 Å². The van der Waals surface area contributed by atoms with Crippen molar-refractivity contribution >= 4 is 5.91 Å². The molecule has 176 valence electrons. The van der Waals surface area contributed by atoms with Gasteiger partial charge in [0.15, 0.2) is 0 Å². The molecule has 0 saturated carbocycles. The third kappa shape index (κ3) is 5.94. The predicted octanol–water partition coefficient (Wildman–Crippen LogP) is 5.76. The highest BCUT2D eigenvalue weighted by molar-refractivity contribution is 5.94. The molecule has 1 fully saturated rings.